The van der Waals surface area contributed by atoms with E-state index < -0.39 is 0 Å². The maximum Gasteiger partial charge on any atom is 0.257 e. The molecule has 2 heterocycles. The van der Waals surface area contributed by atoms with Gasteiger partial charge in [0.05, 0.1) is 17.1 Å². The first-order valence-corrected chi connectivity index (χ1v) is 9.46. The molecule has 0 fully saturated rings. The van der Waals surface area contributed by atoms with Gasteiger partial charge in [0, 0.05) is 10.0 Å². The molecule has 0 atom stereocenters. The van der Waals surface area contributed by atoms with Gasteiger partial charge in [-0.1, -0.05) is 35.0 Å². The third kappa shape index (κ3) is 4.08. The van der Waals surface area contributed by atoms with E-state index in [1.807, 2.05) is 0 Å². The molecule has 0 aliphatic heterocycles. The van der Waals surface area contributed by atoms with Crippen molar-refractivity contribution < 1.29 is 9.21 Å². The van der Waals surface area contributed by atoms with Crippen molar-refractivity contribution in [3.05, 3.63) is 59.1 Å². The molecule has 1 N–H and O–H groups in total. The third-order valence-electron chi connectivity index (χ3n) is 3.55. The number of hydrogen-bond donors (Lipinski definition) is 1. The van der Waals surface area contributed by atoms with Gasteiger partial charge < -0.3 is 9.73 Å². The molecule has 4 aromatic rings. The van der Waals surface area contributed by atoms with Gasteiger partial charge in [0.1, 0.15) is 18.2 Å². The van der Waals surface area contributed by atoms with Crippen LogP contribution in [0.5, 0.6) is 0 Å². The molecule has 0 radical (unpaired) electrons. The maximum absolute atomic E-state index is 12.4. The molecular weight excluding hydrogens is 409 g/mol. The SMILES string of the molecule is O=C(CSc1nc2cc(Cl)ccc2o1)Nc1cc(Cl)ccc1-n1cncn1. The minimum atomic E-state index is -0.232. The van der Waals surface area contributed by atoms with E-state index in [0.717, 1.165) is 0 Å². The molecule has 0 aliphatic carbocycles. The predicted octanol–water partition coefficient (Wildman–Crippen LogP) is 4.45. The Balaban J connectivity index is 1.47. The van der Waals surface area contributed by atoms with Crippen molar-refractivity contribution in [3.8, 4) is 5.69 Å². The van der Waals surface area contributed by atoms with Crippen LogP contribution in [0.2, 0.25) is 10.0 Å². The average Bonchev–Trinajstić information content (AvgIpc) is 3.29. The number of rotatable bonds is 5. The van der Waals surface area contributed by atoms with Crippen LogP contribution >= 0.6 is 35.0 Å². The monoisotopic (exact) mass is 419 g/mol. The summed E-state index contributed by atoms with van der Waals surface area (Å²) in [5.41, 5.74) is 2.45. The number of oxazole rings is 1. The number of fused-ring (bicyclic) bond motifs is 1. The molecule has 2 aromatic heterocycles. The summed E-state index contributed by atoms with van der Waals surface area (Å²) >= 11 is 13.2. The highest BCUT2D eigenvalue weighted by Crippen LogP contribution is 2.27. The molecule has 1 amide bonds. The molecule has 136 valence electrons. The van der Waals surface area contributed by atoms with Gasteiger partial charge in [-0.15, -0.1) is 0 Å². The minimum absolute atomic E-state index is 0.115. The molecule has 0 bridgehead atoms. The Hall–Kier alpha value is -2.55. The summed E-state index contributed by atoms with van der Waals surface area (Å²) in [4.78, 5) is 20.6. The summed E-state index contributed by atoms with van der Waals surface area (Å²) < 4.78 is 7.14. The number of amides is 1. The number of hydrogen-bond acceptors (Lipinski definition) is 6. The number of thioether (sulfide) groups is 1. The van der Waals surface area contributed by atoms with Crippen LogP contribution in [-0.4, -0.2) is 31.4 Å². The summed E-state index contributed by atoms with van der Waals surface area (Å²) in [6.07, 6.45) is 2.95. The number of carbonyl (C=O) groups is 1. The van der Waals surface area contributed by atoms with Crippen molar-refractivity contribution in [2.45, 2.75) is 5.22 Å². The van der Waals surface area contributed by atoms with E-state index in [1.54, 1.807) is 41.1 Å². The zero-order valence-electron chi connectivity index (χ0n) is 13.6. The summed E-state index contributed by atoms with van der Waals surface area (Å²) in [6, 6.07) is 10.3. The molecule has 0 spiro atoms. The lowest BCUT2D eigenvalue weighted by Gasteiger charge is -2.10. The van der Waals surface area contributed by atoms with Crippen LogP contribution in [0.3, 0.4) is 0 Å². The van der Waals surface area contributed by atoms with Crippen LogP contribution in [0.4, 0.5) is 5.69 Å². The van der Waals surface area contributed by atoms with Gasteiger partial charge in [-0.25, -0.2) is 14.6 Å². The molecule has 0 saturated heterocycles. The Kier molecular flexibility index (Phi) is 5.02. The number of aromatic nitrogens is 4. The van der Waals surface area contributed by atoms with E-state index in [4.69, 9.17) is 27.6 Å². The second-order valence-electron chi connectivity index (χ2n) is 5.43. The van der Waals surface area contributed by atoms with Crippen molar-refractivity contribution >= 4 is 57.7 Å². The molecule has 0 aliphatic rings. The molecular formula is C17H11Cl2N5O2S. The second kappa shape index (κ2) is 7.59. The van der Waals surface area contributed by atoms with Crippen LogP contribution in [0.1, 0.15) is 0 Å². The van der Waals surface area contributed by atoms with Gasteiger partial charge in [-0.05, 0) is 36.4 Å². The fraction of sp³-hybridized carbons (Fsp3) is 0.0588. The summed E-state index contributed by atoms with van der Waals surface area (Å²) in [5, 5.41) is 8.38. The largest absolute Gasteiger partial charge is 0.431 e. The number of anilines is 1. The standard InChI is InChI=1S/C17H11Cl2N5O2S/c18-10-1-3-14(24-9-20-8-21-24)12(5-10)22-16(25)7-27-17-23-13-6-11(19)2-4-15(13)26-17/h1-6,8-9H,7H2,(H,22,25). The lowest BCUT2D eigenvalue weighted by molar-refractivity contribution is -0.113. The van der Waals surface area contributed by atoms with Crippen molar-refractivity contribution in [1.29, 1.82) is 0 Å². The third-order valence-corrected chi connectivity index (χ3v) is 4.85. The van der Waals surface area contributed by atoms with Crippen LogP contribution in [0, 0.1) is 0 Å². The molecule has 27 heavy (non-hydrogen) atoms. The van der Waals surface area contributed by atoms with E-state index in [1.165, 1.54) is 24.4 Å². The molecule has 10 heteroatoms. The highest BCUT2D eigenvalue weighted by atomic mass is 35.5. The van der Waals surface area contributed by atoms with Crippen LogP contribution in [0.15, 0.2) is 58.7 Å². The second-order valence-corrected chi connectivity index (χ2v) is 7.23. The number of nitrogens with one attached hydrogen (secondary N) is 1. The highest BCUT2D eigenvalue weighted by molar-refractivity contribution is 7.99. The Morgan fingerprint density at radius 3 is 2.81 bits per heavy atom. The van der Waals surface area contributed by atoms with E-state index in [-0.39, 0.29) is 11.7 Å². The van der Waals surface area contributed by atoms with Gasteiger partial charge >= 0.3 is 0 Å². The van der Waals surface area contributed by atoms with Gasteiger partial charge in [-0.3, -0.25) is 4.79 Å². The maximum atomic E-state index is 12.4. The first kappa shape index (κ1) is 17.8. The molecule has 4 rings (SSSR count). The fourth-order valence-corrected chi connectivity index (χ4v) is 3.37. The number of halogens is 2. The zero-order valence-corrected chi connectivity index (χ0v) is 15.9. The Bertz CT molecular complexity index is 1110. The van der Waals surface area contributed by atoms with E-state index in [9.17, 15) is 4.79 Å². The highest BCUT2D eigenvalue weighted by Gasteiger charge is 2.13. The van der Waals surface area contributed by atoms with Crippen LogP contribution < -0.4 is 5.32 Å². The molecule has 0 unspecified atom stereocenters. The lowest BCUT2D eigenvalue weighted by atomic mass is 10.2. The first-order chi connectivity index (χ1) is 13.1. The van der Waals surface area contributed by atoms with E-state index in [2.05, 4.69) is 20.4 Å². The summed E-state index contributed by atoms with van der Waals surface area (Å²) in [5.74, 6) is -0.118. The lowest BCUT2D eigenvalue weighted by Crippen LogP contribution is -2.16. The van der Waals surface area contributed by atoms with Gasteiger partial charge in [-0.2, -0.15) is 5.10 Å². The molecule has 2 aromatic carbocycles. The Morgan fingerprint density at radius 2 is 2.00 bits per heavy atom. The van der Waals surface area contributed by atoms with Crippen LogP contribution in [-0.2, 0) is 4.79 Å². The quantitative estimate of drug-likeness (QED) is 0.481. The Morgan fingerprint density at radius 1 is 1.19 bits per heavy atom. The van der Waals surface area contributed by atoms with Crippen molar-refractivity contribution in [2.24, 2.45) is 0 Å². The van der Waals surface area contributed by atoms with Gasteiger partial charge in [0.15, 0.2) is 5.58 Å². The number of nitrogens with zero attached hydrogens (tertiary/aromatic N) is 4. The smallest absolute Gasteiger partial charge is 0.257 e. The normalized spacial score (nSPS) is 11.0. The molecule has 0 saturated carbocycles. The topological polar surface area (TPSA) is 85.8 Å². The Labute approximate surface area is 167 Å². The van der Waals surface area contributed by atoms with Crippen molar-refractivity contribution in [3.63, 3.8) is 0 Å². The zero-order chi connectivity index (χ0) is 18.8. The van der Waals surface area contributed by atoms with Gasteiger partial charge in [0.25, 0.3) is 5.22 Å². The molecule has 7 nitrogen and oxygen atoms in total. The van der Waals surface area contributed by atoms with Crippen molar-refractivity contribution in [2.75, 3.05) is 11.1 Å². The van der Waals surface area contributed by atoms with Crippen LogP contribution in [0.25, 0.3) is 16.8 Å². The average molecular weight is 420 g/mol. The first-order valence-electron chi connectivity index (χ1n) is 7.72. The van der Waals surface area contributed by atoms with Crippen molar-refractivity contribution in [1.82, 2.24) is 19.7 Å². The number of carbonyl (C=O) groups excluding carboxylic acids is 1. The summed E-state index contributed by atoms with van der Waals surface area (Å²) in [7, 11) is 0. The van der Waals surface area contributed by atoms with E-state index >= 15 is 0 Å². The van der Waals surface area contributed by atoms with E-state index in [0.29, 0.717) is 37.7 Å². The number of benzene rings is 2. The van der Waals surface area contributed by atoms with Gasteiger partial charge in [0.2, 0.25) is 5.91 Å². The fourth-order valence-electron chi connectivity index (χ4n) is 2.40. The predicted molar refractivity (Wildman–Crippen MR) is 105 cm³/mol. The minimum Gasteiger partial charge on any atom is -0.431 e. The summed E-state index contributed by atoms with van der Waals surface area (Å²) in [6.45, 7) is 0.